The van der Waals surface area contributed by atoms with Gasteiger partial charge in [0.2, 0.25) is 5.91 Å². The van der Waals surface area contributed by atoms with Crippen molar-refractivity contribution in [2.75, 3.05) is 6.54 Å². The molecule has 0 aromatic heterocycles. The van der Waals surface area contributed by atoms with Crippen molar-refractivity contribution in [1.29, 1.82) is 0 Å². The van der Waals surface area contributed by atoms with Crippen LogP contribution >= 0.6 is 0 Å². The van der Waals surface area contributed by atoms with E-state index in [1.807, 2.05) is 20.8 Å². The highest BCUT2D eigenvalue weighted by molar-refractivity contribution is 5.81. The van der Waals surface area contributed by atoms with E-state index in [0.29, 0.717) is 6.54 Å². The van der Waals surface area contributed by atoms with Crippen LogP contribution in [0.4, 0.5) is 0 Å². The largest absolute Gasteiger partial charge is 0.345 e. The Hall–Kier alpha value is -1.85. The summed E-state index contributed by atoms with van der Waals surface area (Å²) in [5, 5.41) is 2.67. The van der Waals surface area contributed by atoms with E-state index in [2.05, 4.69) is 34.9 Å². The highest BCUT2D eigenvalue weighted by Gasteiger charge is 2.19. The van der Waals surface area contributed by atoms with Crippen molar-refractivity contribution in [3.05, 3.63) is 0 Å². The van der Waals surface area contributed by atoms with Crippen molar-refractivity contribution in [2.45, 2.75) is 20.8 Å². The molecule has 1 N–H and O–H groups in total. The molecule has 0 saturated carbocycles. The van der Waals surface area contributed by atoms with Gasteiger partial charge in [0.1, 0.15) is 0 Å². The molecule has 0 atom stereocenters. The normalized spacial score (nSPS) is 8.43. The van der Waals surface area contributed by atoms with Gasteiger partial charge >= 0.3 is 0 Å². The Bertz CT molecular complexity index is 358. The topological polar surface area (TPSA) is 29.1 Å². The molecule has 0 aromatic rings. The van der Waals surface area contributed by atoms with Crippen LogP contribution in [0.15, 0.2) is 0 Å². The highest BCUT2D eigenvalue weighted by atomic mass is 16.2. The molecule has 0 unspecified atom stereocenters. The maximum absolute atomic E-state index is 11.3. The third-order valence-electron chi connectivity index (χ3n) is 1.30. The number of carbonyl (C=O) groups is 1. The second-order valence-corrected chi connectivity index (χ2v) is 3.63. The third kappa shape index (κ3) is 5.76. The monoisotopic (exact) mass is 187 g/mol. The minimum absolute atomic E-state index is 0.0308. The highest BCUT2D eigenvalue weighted by Crippen LogP contribution is 2.11. The minimum Gasteiger partial charge on any atom is -0.345 e. The Morgan fingerprint density at radius 3 is 2.43 bits per heavy atom. The molecule has 72 valence electrons. The lowest BCUT2D eigenvalue weighted by Gasteiger charge is -2.15. The van der Waals surface area contributed by atoms with E-state index < -0.39 is 0 Å². The molecule has 1 amide bonds. The number of rotatable bonds is 1. The number of terminal acetylenes is 1. The molecule has 0 aliphatic carbocycles. The Morgan fingerprint density at radius 1 is 1.29 bits per heavy atom. The van der Waals surface area contributed by atoms with Gasteiger partial charge in [0, 0.05) is 5.41 Å². The van der Waals surface area contributed by atoms with Gasteiger partial charge in [-0.05, 0) is 23.7 Å². The maximum atomic E-state index is 11.3. The van der Waals surface area contributed by atoms with Crippen LogP contribution in [0, 0.1) is 41.4 Å². The first-order valence-corrected chi connectivity index (χ1v) is 4.20. The van der Waals surface area contributed by atoms with Crippen LogP contribution in [-0.2, 0) is 4.79 Å². The Labute approximate surface area is 85.5 Å². The van der Waals surface area contributed by atoms with Gasteiger partial charge in [-0.15, -0.1) is 6.42 Å². The molecule has 0 bridgehead atoms. The van der Waals surface area contributed by atoms with E-state index in [1.165, 1.54) is 0 Å². The molecular weight excluding hydrogens is 174 g/mol. The molecule has 0 aliphatic rings. The standard InChI is InChI=1S/C12H13NO/c1-5-6-7-8-9-10-13-11(14)12(2,3)4/h1H,10H2,2-4H3,(H,13,14). The molecule has 0 radical (unpaired) electrons. The zero-order valence-corrected chi connectivity index (χ0v) is 8.69. The van der Waals surface area contributed by atoms with Crippen LogP contribution < -0.4 is 5.32 Å². The zero-order valence-electron chi connectivity index (χ0n) is 8.69. The smallest absolute Gasteiger partial charge is 0.226 e. The van der Waals surface area contributed by atoms with Gasteiger partial charge in [-0.3, -0.25) is 4.79 Å². The minimum atomic E-state index is -0.383. The summed E-state index contributed by atoms with van der Waals surface area (Å²) < 4.78 is 0. The average molecular weight is 187 g/mol. The number of amides is 1. The lowest BCUT2D eigenvalue weighted by atomic mass is 9.96. The number of hydrogen-bond donors (Lipinski definition) is 1. The van der Waals surface area contributed by atoms with Gasteiger partial charge in [0.25, 0.3) is 0 Å². The van der Waals surface area contributed by atoms with Gasteiger partial charge in [-0.2, -0.15) is 0 Å². The van der Waals surface area contributed by atoms with Crippen LogP contribution in [0.1, 0.15) is 20.8 Å². The fourth-order valence-electron chi connectivity index (χ4n) is 0.545. The van der Waals surface area contributed by atoms with Gasteiger partial charge in [0.15, 0.2) is 0 Å². The van der Waals surface area contributed by atoms with E-state index in [1.54, 1.807) is 0 Å². The lowest BCUT2D eigenvalue weighted by Crippen LogP contribution is -2.34. The molecule has 14 heavy (non-hydrogen) atoms. The summed E-state index contributed by atoms with van der Waals surface area (Å²) >= 11 is 0. The van der Waals surface area contributed by atoms with E-state index in [0.717, 1.165) is 0 Å². The van der Waals surface area contributed by atoms with Crippen LogP contribution in [0.2, 0.25) is 0 Å². The molecule has 2 heteroatoms. The summed E-state index contributed by atoms with van der Waals surface area (Å²) in [6.45, 7) is 5.82. The number of hydrogen-bond acceptors (Lipinski definition) is 1. The zero-order chi connectivity index (χ0) is 11.0. The van der Waals surface area contributed by atoms with Gasteiger partial charge in [-0.1, -0.05) is 26.7 Å². The van der Waals surface area contributed by atoms with E-state index in [9.17, 15) is 4.79 Å². The molecule has 0 rings (SSSR count). The predicted molar refractivity (Wildman–Crippen MR) is 56.8 cm³/mol. The first-order chi connectivity index (χ1) is 6.48. The Kier molecular flexibility index (Phi) is 4.98. The maximum Gasteiger partial charge on any atom is 0.226 e. The fraction of sp³-hybridized carbons (Fsp3) is 0.417. The quantitative estimate of drug-likeness (QED) is 0.604. The van der Waals surface area contributed by atoms with Crippen molar-refractivity contribution in [1.82, 2.24) is 5.32 Å². The van der Waals surface area contributed by atoms with Crippen molar-refractivity contribution in [3.63, 3.8) is 0 Å². The Balaban J connectivity index is 3.92. The second kappa shape index (κ2) is 5.74. The van der Waals surface area contributed by atoms with Crippen molar-refractivity contribution < 1.29 is 4.79 Å². The summed E-state index contributed by atoms with van der Waals surface area (Å²) in [5.41, 5.74) is -0.383. The van der Waals surface area contributed by atoms with E-state index in [4.69, 9.17) is 6.42 Å². The van der Waals surface area contributed by atoms with Gasteiger partial charge < -0.3 is 5.32 Å². The van der Waals surface area contributed by atoms with Crippen LogP contribution in [0.25, 0.3) is 0 Å². The van der Waals surface area contributed by atoms with Crippen LogP contribution in [0.5, 0.6) is 0 Å². The van der Waals surface area contributed by atoms with E-state index >= 15 is 0 Å². The molecule has 0 aromatic carbocycles. The first-order valence-electron chi connectivity index (χ1n) is 4.20. The average Bonchev–Trinajstić information content (AvgIpc) is 2.09. The van der Waals surface area contributed by atoms with Crippen molar-refractivity contribution >= 4 is 5.91 Å². The lowest BCUT2D eigenvalue weighted by molar-refractivity contribution is -0.128. The fourth-order valence-corrected chi connectivity index (χ4v) is 0.545. The van der Waals surface area contributed by atoms with Gasteiger partial charge in [-0.25, -0.2) is 0 Å². The summed E-state index contributed by atoms with van der Waals surface area (Å²) in [7, 11) is 0. The molecular formula is C12H13NO. The summed E-state index contributed by atoms with van der Waals surface area (Å²) in [5.74, 6) is 12.1. The summed E-state index contributed by atoms with van der Waals surface area (Å²) in [6.07, 6.45) is 4.89. The van der Waals surface area contributed by atoms with Crippen LogP contribution in [0.3, 0.4) is 0 Å². The third-order valence-corrected chi connectivity index (χ3v) is 1.30. The number of nitrogens with one attached hydrogen (secondary N) is 1. The Morgan fingerprint density at radius 2 is 1.93 bits per heavy atom. The summed E-state index contributed by atoms with van der Waals surface area (Å²) in [6, 6.07) is 0. The van der Waals surface area contributed by atoms with Crippen molar-refractivity contribution in [2.24, 2.45) is 5.41 Å². The molecule has 0 fully saturated rings. The van der Waals surface area contributed by atoms with Crippen LogP contribution in [-0.4, -0.2) is 12.5 Å². The van der Waals surface area contributed by atoms with Gasteiger partial charge in [0.05, 0.1) is 6.54 Å². The molecule has 0 heterocycles. The molecule has 0 saturated heterocycles. The first kappa shape index (κ1) is 12.2. The summed E-state index contributed by atoms with van der Waals surface area (Å²) in [4.78, 5) is 11.3. The van der Waals surface area contributed by atoms with E-state index in [-0.39, 0.29) is 11.3 Å². The van der Waals surface area contributed by atoms with Crippen molar-refractivity contribution in [3.8, 4) is 36.0 Å². The number of carbonyl (C=O) groups excluding carboxylic acids is 1. The molecule has 0 aliphatic heterocycles. The SMILES string of the molecule is C#CC#CC#CCNC(=O)C(C)(C)C. The molecule has 0 spiro atoms. The second-order valence-electron chi connectivity index (χ2n) is 3.63. The molecule has 2 nitrogen and oxygen atoms in total. The predicted octanol–water partition coefficient (Wildman–Crippen LogP) is 0.789.